The predicted octanol–water partition coefficient (Wildman–Crippen LogP) is 5.22. The Labute approximate surface area is 122 Å². The first-order chi connectivity index (χ1) is 9.15. The summed E-state index contributed by atoms with van der Waals surface area (Å²) in [7, 11) is 0. The van der Waals surface area contributed by atoms with E-state index >= 15 is 0 Å². The standard InChI is InChI=1S/C15H11Cl2NO/c1-2-10-8-11(6-7-13(10)16)19-15-5-3-4-14(17)12(15)9-18/h3-8H,2H2,1H3. The van der Waals surface area contributed by atoms with Crippen molar-refractivity contribution in [2.45, 2.75) is 13.3 Å². The molecule has 0 bridgehead atoms. The number of hydrogen-bond acceptors (Lipinski definition) is 2. The van der Waals surface area contributed by atoms with Gasteiger partial charge in [-0.05, 0) is 42.3 Å². The van der Waals surface area contributed by atoms with Gasteiger partial charge in [0.2, 0.25) is 0 Å². The lowest BCUT2D eigenvalue weighted by Gasteiger charge is -2.10. The molecule has 0 N–H and O–H groups in total. The van der Waals surface area contributed by atoms with E-state index in [0.29, 0.717) is 27.1 Å². The number of nitriles is 1. The second-order valence-corrected chi connectivity index (χ2v) is 4.75. The summed E-state index contributed by atoms with van der Waals surface area (Å²) in [5.41, 5.74) is 1.33. The van der Waals surface area contributed by atoms with Gasteiger partial charge < -0.3 is 4.74 Å². The number of rotatable bonds is 3. The number of nitrogens with zero attached hydrogens (tertiary/aromatic N) is 1. The predicted molar refractivity (Wildman–Crippen MR) is 77.1 cm³/mol. The topological polar surface area (TPSA) is 33.0 Å². The average Bonchev–Trinajstić information content (AvgIpc) is 2.41. The maximum absolute atomic E-state index is 9.09. The molecule has 19 heavy (non-hydrogen) atoms. The fourth-order valence-corrected chi connectivity index (χ4v) is 2.17. The summed E-state index contributed by atoms with van der Waals surface area (Å²) in [5.74, 6) is 1.08. The second-order valence-electron chi connectivity index (χ2n) is 3.93. The van der Waals surface area contributed by atoms with Crippen molar-refractivity contribution < 1.29 is 4.74 Å². The Hall–Kier alpha value is -1.69. The van der Waals surface area contributed by atoms with E-state index in [-0.39, 0.29) is 0 Å². The van der Waals surface area contributed by atoms with Crippen LogP contribution in [0.2, 0.25) is 10.0 Å². The van der Waals surface area contributed by atoms with E-state index in [1.54, 1.807) is 30.3 Å². The number of hydrogen-bond donors (Lipinski definition) is 0. The molecule has 0 atom stereocenters. The Morgan fingerprint density at radius 3 is 2.63 bits per heavy atom. The molecule has 2 nitrogen and oxygen atoms in total. The monoisotopic (exact) mass is 291 g/mol. The maximum Gasteiger partial charge on any atom is 0.146 e. The number of ether oxygens (including phenoxy) is 1. The maximum atomic E-state index is 9.09. The Bertz CT molecular complexity index is 647. The summed E-state index contributed by atoms with van der Waals surface area (Å²) >= 11 is 12.0. The first-order valence-electron chi connectivity index (χ1n) is 5.80. The SMILES string of the molecule is CCc1cc(Oc2cccc(Cl)c2C#N)ccc1Cl. The third-order valence-corrected chi connectivity index (χ3v) is 3.40. The summed E-state index contributed by atoms with van der Waals surface area (Å²) in [5, 5.41) is 10.2. The Morgan fingerprint density at radius 1 is 1.16 bits per heavy atom. The van der Waals surface area contributed by atoms with Crippen LogP contribution in [0.1, 0.15) is 18.1 Å². The lowest BCUT2D eigenvalue weighted by molar-refractivity contribution is 0.480. The van der Waals surface area contributed by atoms with E-state index in [0.717, 1.165) is 12.0 Å². The highest BCUT2D eigenvalue weighted by atomic mass is 35.5. The minimum absolute atomic E-state index is 0.331. The zero-order chi connectivity index (χ0) is 13.8. The van der Waals surface area contributed by atoms with Crippen molar-refractivity contribution >= 4 is 23.2 Å². The fourth-order valence-electron chi connectivity index (χ4n) is 1.71. The fraction of sp³-hybridized carbons (Fsp3) is 0.133. The molecule has 4 heteroatoms. The van der Waals surface area contributed by atoms with Gasteiger partial charge in [-0.1, -0.05) is 36.2 Å². The third-order valence-electron chi connectivity index (χ3n) is 2.71. The summed E-state index contributed by atoms with van der Waals surface area (Å²) < 4.78 is 5.71. The van der Waals surface area contributed by atoms with Gasteiger partial charge in [0.25, 0.3) is 0 Å². The summed E-state index contributed by atoms with van der Waals surface area (Å²) in [6.45, 7) is 2.02. The highest BCUT2D eigenvalue weighted by Gasteiger charge is 2.09. The number of aryl methyl sites for hydroxylation is 1. The molecule has 0 spiro atoms. The zero-order valence-corrected chi connectivity index (χ0v) is 11.8. The summed E-state index contributed by atoms with van der Waals surface area (Å²) in [4.78, 5) is 0. The van der Waals surface area contributed by atoms with Crippen LogP contribution >= 0.6 is 23.2 Å². The Morgan fingerprint density at radius 2 is 1.95 bits per heavy atom. The van der Waals surface area contributed by atoms with Gasteiger partial charge in [-0.25, -0.2) is 0 Å². The molecule has 0 heterocycles. The molecule has 0 amide bonds. The molecular weight excluding hydrogens is 281 g/mol. The van der Waals surface area contributed by atoms with Crippen molar-refractivity contribution in [2.24, 2.45) is 0 Å². The van der Waals surface area contributed by atoms with Gasteiger partial charge in [0, 0.05) is 5.02 Å². The Kier molecular flexibility index (Phi) is 4.31. The molecule has 96 valence electrons. The smallest absolute Gasteiger partial charge is 0.146 e. The molecule has 2 rings (SSSR count). The molecular formula is C15H11Cl2NO. The molecule has 0 saturated heterocycles. The molecule has 0 radical (unpaired) electrons. The zero-order valence-electron chi connectivity index (χ0n) is 10.3. The molecule has 0 aliphatic carbocycles. The molecule has 0 aliphatic heterocycles. The van der Waals surface area contributed by atoms with Crippen LogP contribution in [0, 0.1) is 11.3 Å². The lowest BCUT2D eigenvalue weighted by atomic mass is 10.1. The van der Waals surface area contributed by atoms with Gasteiger partial charge in [-0.15, -0.1) is 0 Å². The highest BCUT2D eigenvalue weighted by Crippen LogP contribution is 2.31. The van der Waals surface area contributed by atoms with Gasteiger partial charge in [0.05, 0.1) is 5.02 Å². The molecule has 0 aromatic heterocycles. The van der Waals surface area contributed by atoms with Crippen molar-refractivity contribution in [2.75, 3.05) is 0 Å². The van der Waals surface area contributed by atoms with Crippen LogP contribution in [-0.4, -0.2) is 0 Å². The van der Waals surface area contributed by atoms with E-state index in [2.05, 4.69) is 0 Å². The first-order valence-corrected chi connectivity index (χ1v) is 6.56. The average molecular weight is 292 g/mol. The lowest BCUT2D eigenvalue weighted by Crippen LogP contribution is -1.91. The van der Waals surface area contributed by atoms with Crippen molar-refractivity contribution in [1.82, 2.24) is 0 Å². The summed E-state index contributed by atoms with van der Waals surface area (Å²) in [6.07, 6.45) is 0.816. The van der Waals surface area contributed by atoms with Crippen LogP contribution < -0.4 is 4.74 Å². The van der Waals surface area contributed by atoms with Crippen molar-refractivity contribution in [1.29, 1.82) is 5.26 Å². The molecule has 2 aromatic carbocycles. The van der Waals surface area contributed by atoms with Crippen LogP contribution in [0.15, 0.2) is 36.4 Å². The minimum Gasteiger partial charge on any atom is -0.456 e. The quantitative estimate of drug-likeness (QED) is 0.777. The minimum atomic E-state index is 0.331. The van der Waals surface area contributed by atoms with Crippen LogP contribution in [0.25, 0.3) is 0 Å². The number of halogens is 2. The number of benzene rings is 2. The first kappa shape index (κ1) is 13.7. The normalized spacial score (nSPS) is 10.0. The van der Waals surface area contributed by atoms with Gasteiger partial charge in [-0.3, -0.25) is 0 Å². The largest absolute Gasteiger partial charge is 0.456 e. The van der Waals surface area contributed by atoms with Gasteiger partial charge >= 0.3 is 0 Å². The van der Waals surface area contributed by atoms with E-state index in [9.17, 15) is 0 Å². The second kappa shape index (κ2) is 5.97. The van der Waals surface area contributed by atoms with Crippen LogP contribution in [-0.2, 0) is 6.42 Å². The van der Waals surface area contributed by atoms with E-state index in [4.69, 9.17) is 33.2 Å². The van der Waals surface area contributed by atoms with Crippen molar-refractivity contribution in [3.63, 3.8) is 0 Å². The van der Waals surface area contributed by atoms with Crippen LogP contribution in [0.3, 0.4) is 0 Å². The van der Waals surface area contributed by atoms with Gasteiger partial charge in [0.1, 0.15) is 23.1 Å². The van der Waals surface area contributed by atoms with Crippen molar-refractivity contribution in [3.8, 4) is 17.6 Å². The van der Waals surface area contributed by atoms with Crippen LogP contribution in [0.4, 0.5) is 0 Å². The molecule has 0 saturated carbocycles. The van der Waals surface area contributed by atoms with Crippen molar-refractivity contribution in [3.05, 3.63) is 57.6 Å². The van der Waals surface area contributed by atoms with E-state index < -0.39 is 0 Å². The third kappa shape index (κ3) is 3.01. The highest BCUT2D eigenvalue weighted by molar-refractivity contribution is 6.32. The molecule has 0 unspecified atom stereocenters. The van der Waals surface area contributed by atoms with Crippen LogP contribution in [0.5, 0.6) is 11.5 Å². The molecule has 0 fully saturated rings. The van der Waals surface area contributed by atoms with E-state index in [1.165, 1.54) is 0 Å². The van der Waals surface area contributed by atoms with Gasteiger partial charge in [-0.2, -0.15) is 5.26 Å². The Balaban J connectivity index is 2.37. The van der Waals surface area contributed by atoms with Gasteiger partial charge in [0.15, 0.2) is 0 Å². The van der Waals surface area contributed by atoms with E-state index in [1.807, 2.05) is 19.1 Å². The molecule has 0 aliphatic rings. The summed E-state index contributed by atoms with van der Waals surface area (Å²) in [6, 6.07) is 12.6. The molecule has 2 aromatic rings.